The summed E-state index contributed by atoms with van der Waals surface area (Å²) in [6, 6.07) is 6.19. The number of hydrogen-bond acceptors (Lipinski definition) is 6. The molecular weight excluding hydrogens is 294 g/mol. The monoisotopic (exact) mass is 311 g/mol. The molecule has 0 N–H and O–H groups in total. The number of benzene rings is 1. The summed E-state index contributed by atoms with van der Waals surface area (Å²) in [6.45, 7) is 1.92. The van der Waals surface area contributed by atoms with Gasteiger partial charge in [-0.15, -0.1) is 0 Å². The molecule has 0 bridgehead atoms. The van der Waals surface area contributed by atoms with Crippen molar-refractivity contribution >= 4 is 10.0 Å². The fourth-order valence-corrected chi connectivity index (χ4v) is 2.82. The van der Waals surface area contributed by atoms with Gasteiger partial charge >= 0.3 is 0 Å². The Balaban J connectivity index is 2.17. The maximum Gasteiger partial charge on any atom is 0.243 e. The van der Waals surface area contributed by atoms with E-state index in [0.717, 1.165) is 0 Å². The molecule has 0 aliphatic rings. The second-order valence-electron chi connectivity index (χ2n) is 4.39. The highest BCUT2D eigenvalue weighted by molar-refractivity contribution is 7.89. The summed E-state index contributed by atoms with van der Waals surface area (Å²) in [5.74, 6) is 1.42. The molecule has 0 amide bonds. The molecule has 8 heteroatoms. The van der Waals surface area contributed by atoms with Crippen LogP contribution in [0.25, 0.3) is 0 Å². The van der Waals surface area contributed by atoms with Gasteiger partial charge < -0.3 is 9.26 Å². The number of hydrogen-bond donors (Lipinski definition) is 0. The molecule has 7 nitrogen and oxygen atoms in total. The van der Waals surface area contributed by atoms with Crippen molar-refractivity contribution in [1.82, 2.24) is 14.4 Å². The largest absolute Gasteiger partial charge is 0.497 e. The number of nitrogens with zero attached hydrogens (tertiary/aromatic N) is 3. The van der Waals surface area contributed by atoms with Gasteiger partial charge in [-0.2, -0.15) is 9.29 Å². The van der Waals surface area contributed by atoms with Gasteiger partial charge in [-0.1, -0.05) is 12.1 Å². The summed E-state index contributed by atoms with van der Waals surface area (Å²) in [7, 11) is -0.618. The zero-order valence-corrected chi connectivity index (χ0v) is 12.9. The van der Waals surface area contributed by atoms with Crippen molar-refractivity contribution in [2.75, 3.05) is 14.2 Å². The third-order valence-electron chi connectivity index (χ3n) is 2.95. The Hall–Kier alpha value is -1.93. The summed E-state index contributed by atoms with van der Waals surface area (Å²) in [5.41, 5.74) is 0. The third-order valence-corrected chi connectivity index (χ3v) is 4.77. The summed E-state index contributed by atoms with van der Waals surface area (Å²) >= 11 is 0. The normalized spacial score (nSPS) is 11.8. The fourth-order valence-electron chi connectivity index (χ4n) is 1.70. The topological polar surface area (TPSA) is 85.5 Å². The van der Waals surface area contributed by atoms with Gasteiger partial charge in [0.2, 0.25) is 15.9 Å². The lowest BCUT2D eigenvalue weighted by molar-refractivity contribution is 0.334. The average molecular weight is 311 g/mol. The summed E-state index contributed by atoms with van der Waals surface area (Å²) in [4.78, 5) is 4.28. The van der Waals surface area contributed by atoms with Crippen molar-refractivity contribution in [3.05, 3.63) is 36.0 Å². The zero-order valence-electron chi connectivity index (χ0n) is 12.1. The van der Waals surface area contributed by atoms with Gasteiger partial charge in [0.1, 0.15) is 5.75 Å². The minimum absolute atomic E-state index is 0.0291. The summed E-state index contributed by atoms with van der Waals surface area (Å²) in [5, 5.41) is 3.74. The van der Waals surface area contributed by atoms with Crippen molar-refractivity contribution in [1.29, 1.82) is 0 Å². The highest BCUT2D eigenvalue weighted by atomic mass is 32.2. The van der Waals surface area contributed by atoms with Gasteiger partial charge in [0, 0.05) is 13.5 Å². The van der Waals surface area contributed by atoms with Crippen LogP contribution in [0.1, 0.15) is 18.6 Å². The van der Waals surface area contributed by atoms with Gasteiger partial charge in [0.15, 0.2) is 5.82 Å². The maximum absolute atomic E-state index is 12.4. The molecular formula is C13H17N3O4S. The van der Waals surface area contributed by atoms with E-state index in [1.807, 2.05) is 6.92 Å². The van der Waals surface area contributed by atoms with Crippen molar-refractivity contribution in [2.24, 2.45) is 0 Å². The fraction of sp³-hybridized carbons (Fsp3) is 0.385. The van der Waals surface area contributed by atoms with E-state index in [2.05, 4.69) is 10.1 Å². The minimum Gasteiger partial charge on any atom is -0.497 e. The molecule has 21 heavy (non-hydrogen) atoms. The van der Waals surface area contributed by atoms with Gasteiger partial charge in [-0.05, 0) is 24.3 Å². The van der Waals surface area contributed by atoms with Crippen LogP contribution in [-0.2, 0) is 23.0 Å². The van der Waals surface area contributed by atoms with Crippen LogP contribution >= 0.6 is 0 Å². The van der Waals surface area contributed by atoms with E-state index in [-0.39, 0.29) is 17.3 Å². The van der Waals surface area contributed by atoms with Crippen LogP contribution in [0.2, 0.25) is 0 Å². The lowest BCUT2D eigenvalue weighted by atomic mass is 10.3. The standard InChI is InChI=1S/C13H17N3O4S/c1-4-12-14-13(20-15-12)9-16(2)21(17,18)11-7-5-10(19-3)6-8-11/h5-8H,4,9H2,1-3H3. The smallest absolute Gasteiger partial charge is 0.243 e. The quantitative estimate of drug-likeness (QED) is 0.803. The Morgan fingerprint density at radius 2 is 1.95 bits per heavy atom. The van der Waals surface area contributed by atoms with Crippen LogP contribution in [0.4, 0.5) is 0 Å². The minimum atomic E-state index is -3.61. The SMILES string of the molecule is CCc1noc(CN(C)S(=O)(=O)c2ccc(OC)cc2)n1. The van der Waals surface area contributed by atoms with Crippen LogP contribution < -0.4 is 4.74 Å². The second kappa shape index (κ2) is 6.23. The highest BCUT2D eigenvalue weighted by Crippen LogP contribution is 2.19. The first-order chi connectivity index (χ1) is 9.97. The van der Waals surface area contributed by atoms with Crippen LogP contribution in [0, 0.1) is 0 Å². The Labute approximate surface area is 123 Å². The van der Waals surface area contributed by atoms with Gasteiger partial charge in [-0.3, -0.25) is 0 Å². The number of aryl methyl sites for hydroxylation is 1. The molecule has 0 radical (unpaired) electrons. The molecule has 0 unspecified atom stereocenters. The van der Waals surface area contributed by atoms with Crippen molar-refractivity contribution in [3.63, 3.8) is 0 Å². The number of ether oxygens (including phenoxy) is 1. The van der Waals surface area contributed by atoms with Crippen molar-refractivity contribution < 1.29 is 17.7 Å². The van der Waals surface area contributed by atoms with E-state index < -0.39 is 10.0 Å². The van der Waals surface area contributed by atoms with Crippen LogP contribution in [0.3, 0.4) is 0 Å². The lowest BCUT2D eigenvalue weighted by Crippen LogP contribution is -2.26. The van der Waals surface area contributed by atoms with Crippen LogP contribution in [0.5, 0.6) is 5.75 Å². The predicted molar refractivity (Wildman–Crippen MR) is 75.3 cm³/mol. The second-order valence-corrected chi connectivity index (χ2v) is 6.44. The molecule has 0 aliphatic heterocycles. The van der Waals surface area contributed by atoms with E-state index in [0.29, 0.717) is 18.0 Å². The van der Waals surface area contributed by atoms with Crippen LogP contribution in [-0.4, -0.2) is 37.0 Å². The first-order valence-corrected chi connectivity index (χ1v) is 7.83. The highest BCUT2D eigenvalue weighted by Gasteiger charge is 2.23. The molecule has 0 saturated heterocycles. The Bertz CT molecular complexity index is 694. The van der Waals surface area contributed by atoms with Crippen LogP contribution in [0.15, 0.2) is 33.7 Å². The summed E-state index contributed by atoms with van der Waals surface area (Å²) < 4.78 is 36.0. The molecule has 0 atom stereocenters. The Morgan fingerprint density at radius 1 is 1.29 bits per heavy atom. The lowest BCUT2D eigenvalue weighted by Gasteiger charge is -2.15. The Morgan fingerprint density at radius 3 is 2.48 bits per heavy atom. The predicted octanol–water partition coefficient (Wildman–Crippen LogP) is 1.46. The molecule has 1 aromatic heterocycles. The molecule has 2 rings (SSSR count). The number of rotatable bonds is 6. The molecule has 0 spiro atoms. The van der Waals surface area contributed by atoms with Crippen molar-refractivity contribution in [2.45, 2.75) is 24.8 Å². The zero-order chi connectivity index (χ0) is 15.5. The molecule has 0 aliphatic carbocycles. The average Bonchev–Trinajstić information content (AvgIpc) is 2.95. The van der Waals surface area contributed by atoms with Gasteiger partial charge in [0.05, 0.1) is 18.6 Å². The number of sulfonamides is 1. The maximum atomic E-state index is 12.4. The first-order valence-electron chi connectivity index (χ1n) is 6.39. The third kappa shape index (κ3) is 3.40. The van der Waals surface area contributed by atoms with E-state index in [9.17, 15) is 8.42 Å². The number of aromatic nitrogens is 2. The Kier molecular flexibility index (Phi) is 4.59. The first kappa shape index (κ1) is 15.5. The number of methoxy groups -OCH3 is 1. The molecule has 2 aromatic rings. The van der Waals surface area contributed by atoms with E-state index in [4.69, 9.17) is 9.26 Å². The van der Waals surface area contributed by atoms with Gasteiger partial charge in [-0.25, -0.2) is 8.42 Å². The molecule has 0 saturated carbocycles. The molecule has 114 valence electrons. The van der Waals surface area contributed by atoms with Crippen molar-refractivity contribution in [3.8, 4) is 5.75 Å². The van der Waals surface area contributed by atoms with Gasteiger partial charge in [0.25, 0.3) is 0 Å². The summed E-state index contributed by atoms with van der Waals surface area (Å²) in [6.07, 6.45) is 0.637. The van der Waals surface area contributed by atoms with E-state index >= 15 is 0 Å². The molecule has 1 heterocycles. The van der Waals surface area contributed by atoms with E-state index in [1.54, 1.807) is 12.1 Å². The molecule has 1 aromatic carbocycles. The molecule has 0 fully saturated rings. The van der Waals surface area contributed by atoms with E-state index in [1.165, 1.54) is 30.6 Å².